The molecule has 0 spiro atoms. The maximum absolute atomic E-state index is 12.6. The molecule has 1 atom stereocenters. The fraction of sp³-hybridized carbons (Fsp3) is 0.176. The first kappa shape index (κ1) is 15.5. The van der Waals surface area contributed by atoms with Crippen LogP contribution in [0.25, 0.3) is 0 Å². The number of Topliss-reactive ketones (excluding diaryl/α,β-unsaturated/α-hetero) is 1. The number of hydrogen-bond donors (Lipinski definition) is 1. The molecule has 2 aromatic carbocycles. The smallest absolute Gasteiger partial charge is 0.249 e. The number of benzene rings is 2. The normalized spacial score (nSPS) is 18.4. The van der Waals surface area contributed by atoms with Crippen LogP contribution in [-0.2, 0) is 4.74 Å². The molecule has 1 aliphatic rings. The summed E-state index contributed by atoms with van der Waals surface area (Å²) in [6.07, 6.45) is -0.831. The van der Waals surface area contributed by atoms with E-state index in [2.05, 4.69) is 10.5 Å². The van der Waals surface area contributed by atoms with E-state index in [1.54, 1.807) is 42.5 Å². The van der Waals surface area contributed by atoms with Crippen molar-refractivity contribution >= 4 is 28.8 Å². The molecule has 0 radical (unpaired) electrons. The molecule has 0 aromatic heterocycles. The van der Waals surface area contributed by atoms with E-state index in [-0.39, 0.29) is 11.5 Å². The summed E-state index contributed by atoms with van der Waals surface area (Å²) in [4.78, 5) is 12.6. The zero-order valence-corrected chi connectivity index (χ0v) is 13.2. The Morgan fingerprint density at radius 1 is 1.22 bits per heavy atom. The number of ether oxygens (including phenoxy) is 2. The summed E-state index contributed by atoms with van der Waals surface area (Å²) >= 11 is 5.85. The van der Waals surface area contributed by atoms with Gasteiger partial charge in [-0.3, -0.25) is 10.2 Å². The molecule has 0 fully saturated rings. The van der Waals surface area contributed by atoms with Crippen molar-refractivity contribution in [3.63, 3.8) is 0 Å². The zero-order chi connectivity index (χ0) is 16.2. The van der Waals surface area contributed by atoms with E-state index in [9.17, 15) is 4.79 Å². The predicted octanol–water partition coefficient (Wildman–Crippen LogP) is 3.75. The third-order valence-corrected chi connectivity index (χ3v) is 3.54. The number of halogens is 1. The van der Waals surface area contributed by atoms with Gasteiger partial charge in [-0.1, -0.05) is 23.7 Å². The van der Waals surface area contributed by atoms with E-state index < -0.39 is 6.29 Å². The van der Waals surface area contributed by atoms with Crippen molar-refractivity contribution in [3.05, 3.63) is 59.1 Å². The number of ketones is 1. The van der Waals surface area contributed by atoms with Gasteiger partial charge in [0.05, 0.1) is 11.3 Å². The highest BCUT2D eigenvalue weighted by Gasteiger charge is 2.34. The van der Waals surface area contributed by atoms with E-state index in [0.29, 0.717) is 28.6 Å². The molecule has 5 nitrogen and oxygen atoms in total. The van der Waals surface area contributed by atoms with Gasteiger partial charge in [0.25, 0.3) is 0 Å². The van der Waals surface area contributed by atoms with E-state index in [0.717, 1.165) is 0 Å². The van der Waals surface area contributed by atoms with Crippen LogP contribution in [-0.4, -0.2) is 24.4 Å². The largest absolute Gasteiger partial charge is 0.458 e. The number of hydrogen-bond acceptors (Lipinski definition) is 5. The summed E-state index contributed by atoms with van der Waals surface area (Å²) in [6.45, 7) is 2.23. The number of carbonyl (C=O) groups excluding carboxylic acids is 1. The van der Waals surface area contributed by atoms with E-state index in [1.807, 2.05) is 13.0 Å². The lowest BCUT2D eigenvalue weighted by molar-refractivity contribution is -0.0286. The fourth-order valence-corrected chi connectivity index (χ4v) is 2.32. The summed E-state index contributed by atoms with van der Waals surface area (Å²) in [5.41, 5.74) is 4.20. The monoisotopic (exact) mass is 330 g/mol. The Hall–Kier alpha value is -2.37. The maximum atomic E-state index is 12.6. The SMILES string of the molecule is CCOC1Oc2ccccc2C(=O)/C1=N\Nc1ccc(Cl)cc1. The number of para-hydroxylation sites is 1. The Morgan fingerprint density at radius 2 is 1.96 bits per heavy atom. The molecule has 1 N–H and O–H groups in total. The highest BCUT2D eigenvalue weighted by atomic mass is 35.5. The van der Waals surface area contributed by atoms with Crippen molar-refractivity contribution in [2.75, 3.05) is 12.0 Å². The summed E-state index contributed by atoms with van der Waals surface area (Å²) < 4.78 is 11.2. The highest BCUT2D eigenvalue weighted by molar-refractivity contribution is 6.48. The second-order valence-corrected chi connectivity index (χ2v) is 5.28. The van der Waals surface area contributed by atoms with E-state index >= 15 is 0 Å². The number of carbonyl (C=O) groups is 1. The molecular formula is C17H15ClN2O3. The van der Waals surface area contributed by atoms with Gasteiger partial charge in [-0.25, -0.2) is 0 Å². The van der Waals surface area contributed by atoms with Crippen LogP contribution in [0.15, 0.2) is 53.6 Å². The van der Waals surface area contributed by atoms with Gasteiger partial charge in [0.1, 0.15) is 5.75 Å². The van der Waals surface area contributed by atoms with Crippen LogP contribution in [0.4, 0.5) is 5.69 Å². The minimum atomic E-state index is -0.831. The van der Waals surface area contributed by atoms with Crippen molar-refractivity contribution in [3.8, 4) is 5.75 Å². The first-order chi connectivity index (χ1) is 11.2. The molecule has 118 valence electrons. The van der Waals surface area contributed by atoms with Crippen LogP contribution in [0.1, 0.15) is 17.3 Å². The average Bonchev–Trinajstić information content (AvgIpc) is 2.56. The first-order valence-corrected chi connectivity index (χ1v) is 7.58. The molecule has 6 heteroatoms. The first-order valence-electron chi connectivity index (χ1n) is 7.20. The van der Waals surface area contributed by atoms with Crippen molar-refractivity contribution < 1.29 is 14.3 Å². The lowest BCUT2D eigenvalue weighted by atomic mass is 10.0. The van der Waals surface area contributed by atoms with Gasteiger partial charge in [-0.05, 0) is 43.3 Å². The van der Waals surface area contributed by atoms with Crippen molar-refractivity contribution in [1.82, 2.24) is 0 Å². The van der Waals surface area contributed by atoms with Gasteiger partial charge in [0.15, 0.2) is 5.71 Å². The third kappa shape index (κ3) is 3.36. The van der Waals surface area contributed by atoms with Crippen LogP contribution in [0.2, 0.25) is 5.02 Å². The van der Waals surface area contributed by atoms with Gasteiger partial charge in [-0.15, -0.1) is 0 Å². The minimum Gasteiger partial charge on any atom is -0.458 e. The molecule has 3 rings (SSSR count). The quantitative estimate of drug-likeness (QED) is 0.867. The molecule has 0 bridgehead atoms. The lowest BCUT2D eigenvalue weighted by Gasteiger charge is -2.25. The number of nitrogens with zero attached hydrogens (tertiary/aromatic N) is 1. The number of rotatable bonds is 4. The second-order valence-electron chi connectivity index (χ2n) is 4.85. The number of anilines is 1. The van der Waals surface area contributed by atoms with Crippen LogP contribution >= 0.6 is 11.6 Å². The fourth-order valence-electron chi connectivity index (χ4n) is 2.19. The summed E-state index contributed by atoms with van der Waals surface area (Å²) in [5, 5.41) is 4.81. The molecule has 1 aliphatic heterocycles. The van der Waals surface area contributed by atoms with E-state index in [4.69, 9.17) is 21.1 Å². The van der Waals surface area contributed by atoms with Gasteiger partial charge < -0.3 is 9.47 Å². The molecule has 0 saturated heterocycles. The summed E-state index contributed by atoms with van der Waals surface area (Å²) in [7, 11) is 0. The summed E-state index contributed by atoms with van der Waals surface area (Å²) in [5.74, 6) is 0.285. The van der Waals surface area contributed by atoms with E-state index in [1.165, 1.54) is 0 Å². The lowest BCUT2D eigenvalue weighted by Crippen LogP contribution is -2.40. The van der Waals surface area contributed by atoms with Crippen molar-refractivity contribution in [1.29, 1.82) is 0 Å². The molecule has 1 unspecified atom stereocenters. The molecule has 23 heavy (non-hydrogen) atoms. The molecular weight excluding hydrogens is 316 g/mol. The van der Waals surface area contributed by atoms with Gasteiger partial charge in [0.2, 0.25) is 12.1 Å². The van der Waals surface area contributed by atoms with Crippen LogP contribution < -0.4 is 10.2 Å². The maximum Gasteiger partial charge on any atom is 0.249 e. The Balaban J connectivity index is 1.89. The highest BCUT2D eigenvalue weighted by Crippen LogP contribution is 2.26. The van der Waals surface area contributed by atoms with Crippen molar-refractivity contribution in [2.45, 2.75) is 13.2 Å². The standard InChI is InChI=1S/C17H15ClN2O3/c1-2-22-17-15(20-19-12-9-7-11(18)8-10-12)16(21)13-5-3-4-6-14(13)23-17/h3-10,17,19H,2H2,1H3/b20-15+. The van der Waals surface area contributed by atoms with Crippen LogP contribution in [0.3, 0.4) is 0 Å². The predicted molar refractivity (Wildman–Crippen MR) is 89.3 cm³/mol. The second kappa shape index (κ2) is 6.81. The Morgan fingerprint density at radius 3 is 2.70 bits per heavy atom. The number of hydrazone groups is 1. The molecule has 1 heterocycles. The molecule has 0 aliphatic carbocycles. The van der Waals surface area contributed by atoms with Crippen molar-refractivity contribution in [2.24, 2.45) is 5.10 Å². The average molecular weight is 331 g/mol. The molecule has 0 amide bonds. The Kier molecular flexibility index (Phi) is 4.60. The van der Waals surface area contributed by atoms with Gasteiger partial charge >= 0.3 is 0 Å². The van der Waals surface area contributed by atoms with Gasteiger partial charge in [-0.2, -0.15) is 5.10 Å². The Labute approximate surface area is 138 Å². The molecule has 2 aromatic rings. The number of nitrogens with one attached hydrogen (secondary N) is 1. The van der Waals surface area contributed by atoms with Crippen LogP contribution in [0.5, 0.6) is 5.75 Å². The Bertz CT molecular complexity index is 744. The summed E-state index contributed by atoms with van der Waals surface area (Å²) in [6, 6.07) is 14.0. The van der Waals surface area contributed by atoms with Crippen LogP contribution in [0, 0.1) is 0 Å². The topological polar surface area (TPSA) is 59.9 Å². The molecule has 0 saturated carbocycles. The van der Waals surface area contributed by atoms with Gasteiger partial charge in [0, 0.05) is 11.6 Å². The zero-order valence-electron chi connectivity index (χ0n) is 12.5. The number of fused-ring (bicyclic) bond motifs is 1. The minimum absolute atomic E-state index is 0.181. The third-order valence-electron chi connectivity index (χ3n) is 3.29.